The van der Waals surface area contributed by atoms with E-state index in [-0.39, 0.29) is 5.56 Å². The summed E-state index contributed by atoms with van der Waals surface area (Å²) in [6, 6.07) is 4.83. The predicted molar refractivity (Wildman–Crippen MR) is 64.0 cm³/mol. The number of fused-ring (bicyclic) bond motifs is 2. The Morgan fingerprint density at radius 2 is 2.00 bits per heavy atom. The van der Waals surface area contributed by atoms with Crippen LogP contribution in [-0.4, -0.2) is 11.1 Å². The molecule has 1 N–H and O–H groups in total. The Morgan fingerprint density at radius 1 is 1.22 bits per heavy atom. The largest absolute Gasteiger partial charge is 0.477 e. The van der Waals surface area contributed by atoms with E-state index in [0.717, 1.165) is 5.39 Å². The van der Waals surface area contributed by atoms with Crippen LogP contribution in [0.5, 0.6) is 0 Å². The third kappa shape index (κ3) is 1.34. The molecule has 0 amide bonds. The molecule has 2 heterocycles. The van der Waals surface area contributed by atoms with Gasteiger partial charge < -0.3 is 13.9 Å². The van der Waals surface area contributed by atoms with Crippen LogP contribution in [0.2, 0.25) is 0 Å². The van der Waals surface area contributed by atoms with Crippen LogP contribution in [0.25, 0.3) is 21.9 Å². The summed E-state index contributed by atoms with van der Waals surface area (Å²) >= 11 is 0. The van der Waals surface area contributed by atoms with Gasteiger partial charge in [0, 0.05) is 16.3 Å². The van der Waals surface area contributed by atoms with Crippen molar-refractivity contribution in [1.29, 1.82) is 0 Å². The number of benzene rings is 1. The van der Waals surface area contributed by atoms with Crippen LogP contribution >= 0.6 is 0 Å². The third-order valence-electron chi connectivity index (χ3n) is 2.89. The average molecular weight is 244 g/mol. The summed E-state index contributed by atoms with van der Waals surface area (Å²) < 4.78 is 10.4. The molecule has 18 heavy (non-hydrogen) atoms. The minimum atomic E-state index is -1.30. The van der Waals surface area contributed by atoms with Gasteiger partial charge in [-0.3, -0.25) is 0 Å². The van der Waals surface area contributed by atoms with Crippen molar-refractivity contribution in [2.75, 3.05) is 0 Å². The van der Waals surface area contributed by atoms with Gasteiger partial charge >= 0.3 is 11.6 Å². The molecule has 1 aromatic carbocycles. The molecule has 0 saturated heterocycles. The normalized spacial score (nSPS) is 11.2. The SMILES string of the molecule is Cc1c2occc2cc2cc(C(=O)O)c(=O)oc12. The second-order valence-electron chi connectivity index (χ2n) is 4.01. The van der Waals surface area contributed by atoms with Crippen molar-refractivity contribution in [3.05, 3.63) is 46.0 Å². The van der Waals surface area contributed by atoms with Gasteiger partial charge in [0.2, 0.25) is 0 Å². The standard InChI is InChI=1S/C13H8O5/c1-6-10-7(2-3-17-10)4-8-5-9(12(14)15)13(16)18-11(6)8/h2-5H,1H3,(H,14,15). The fourth-order valence-electron chi connectivity index (χ4n) is 2.04. The fourth-order valence-corrected chi connectivity index (χ4v) is 2.04. The van der Waals surface area contributed by atoms with Gasteiger partial charge in [0.1, 0.15) is 16.7 Å². The minimum Gasteiger partial charge on any atom is -0.477 e. The smallest absolute Gasteiger partial charge is 0.351 e. The van der Waals surface area contributed by atoms with Crippen molar-refractivity contribution in [2.45, 2.75) is 6.92 Å². The number of carboxylic acids is 1. The number of carbonyl (C=O) groups is 1. The fraction of sp³-hybridized carbons (Fsp3) is 0.0769. The highest BCUT2D eigenvalue weighted by Gasteiger charge is 2.15. The Bertz CT molecular complexity index is 838. The number of carboxylic acid groups (broad SMARTS) is 1. The molecule has 0 radical (unpaired) electrons. The maximum absolute atomic E-state index is 11.5. The summed E-state index contributed by atoms with van der Waals surface area (Å²) in [5.74, 6) is -1.30. The Hall–Kier alpha value is -2.56. The van der Waals surface area contributed by atoms with Gasteiger partial charge in [0.25, 0.3) is 0 Å². The molecule has 0 unspecified atom stereocenters. The maximum Gasteiger partial charge on any atom is 0.351 e. The van der Waals surface area contributed by atoms with E-state index in [1.54, 1.807) is 19.1 Å². The Morgan fingerprint density at radius 3 is 2.72 bits per heavy atom. The third-order valence-corrected chi connectivity index (χ3v) is 2.89. The maximum atomic E-state index is 11.5. The molecule has 3 rings (SSSR count). The highest BCUT2D eigenvalue weighted by molar-refractivity contribution is 5.99. The molecular formula is C13H8O5. The zero-order valence-electron chi connectivity index (χ0n) is 9.39. The van der Waals surface area contributed by atoms with Crippen LogP contribution in [0, 0.1) is 6.92 Å². The first-order valence-corrected chi connectivity index (χ1v) is 5.26. The Balaban J connectivity index is 2.52. The van der Waals surface area contributed by atoms with Gasteiger partial charge in [-0.2, -0.15) is 0 Å². The number of aryl methyl sites for hydroxylation is 1. The number of furan rings is 1. The van der Waals surface area contributed by atoms with E-state index in [1.165, 1.54) is 12.3 Å². The van der Waals surface area contributed by atoms with Crippen molar-refractivity contribution in [2.24, 2.45) is 0 Å². The molecule has 0 fully saturated rings. The Labute approximate surface area is 100 Å². The topological polar surface area (TPSA) is 80.6 Å². The zero-order valence-corrected chi connectivity index (χ0v) is 9.39. The molecule has 5 heteroatoms. The van der Waals surface area contributed by atoms with Gasteiger partial charge in [0.15, 0.2) is 0 Å². The summed E-state index contributed by atoms with van der Waals surface area (Å²) in [6.07, 6.45) is 1.53. The number of rotatable bonds is 1. The summed E-state index contributed by atoms with van der Waals surface area (Å²) in [4.78, 5) is 22.4. The van der Waals surface area contributed by atoms with Gasteiger partial charge in [0.05, 0.1) is 6.26 Å². The molecule has 90 valence electrons. The highest BCUT2D eigenvalue weighted by Crippen LogP contribution is 2.28. The molecule has 0 atom stereocenters. The van der Waals surface area contributed by atoms with Crippen LogP contribution in [0.3, 0.4) is 0 Å². The van der Waals surface area contributed by atoms with Gasteiger partial charge in [-0.05, 0) is 25.1 Å². The van der Waals surface area contributed by atoms with Crippen molar-refractivity contribution in [3.63, 3.8) is 0 Å². The van der Waals surface area contributed by atoms with E-state index in [0.29, 0.717) is 22.1 Å². The molecule has 5 nitrogen and oxygen atoms in total. The number of aromatic carboxylic acids is 1. The lowest BCUT2D eigenvalue weighted by Gasteiger charge is -2.02. The molecule has 2 aromatic heterocycles. The van der Waals surface area contributed by atoms with Gasteiger partial charge in [-0.15, -0.1) is 0 Å². The predicted octanol–water partition coefficient (Wildman–Crippen LogP) is 2.55. The summed E-state index contributed by atoms with van der Waals surface area (Å²) in [5.41, 5.74) is 0.441. The summed E-state index contributed by atoms with van der Waals surface area (Å²) in [5, 5.41) is 10.3. The van der Waals surface area contributed by atoms with Crippen molar-refractivity contribution in [1.82, 2.24) is 0 Å². The summed E-state index contributed by atoms with van der Waals surface area (Å²) in [7, 11) is 0. The second kappa shape index (κ2) is 3.46. The molecule has 0 spiro atoms. The van der Waals surface area contributed by atoms with Gasteiger partial charge in [-0.1, -0.05) is 0 Å². The minimum absolute atomic E-state index is 0.354. The van der Waals surface area contributed by atoms with Gasteiger partial charge in [-0.25, -0.2) is 9.59 Å². The van der Waals surface area contributed by atoms with E-state index in [4.69, 9.17) is 13.9 Å². The molecule has 0 aliphatic rings. The monoisotopic (exact) mass is 244 g/mol. The van der Waals surface area contributed by atoms with Crippen LogP contribution in [0.4, 0.5) is 0 Å². The van der Waals surface area contributed by atoms with Crippen LogP contribution < -0.4 is 5.63 Å². The molecule has 0 bridgehead atoms. The Kier molecular flexibility index (Phi) is 2.04. The van der Waals surface area contributed by atoms with E-state index in [1.807, 2.05) is 0 Å². The van der Waals surface area contributed by atoms with Crippen LogP contribution in [-0.2, 0) is 0 Å². The number of hydrogen-bond acceptors (Lipinski definition) is 4. The van der Waals surface area contributed by atoms with Crippen molar-refractivity contribution >= 4 is 27.9 Å². The first-order chi connectivity index (χ1) is 8.58. The first kappa shape index (κ1) is 10.6. The van der Waals surface area contributed by atoms with Crippen molar-refractivity contribution < 1.29 is 18.7 Å². The highest BCUT2D eigenvalue weighted by atomic mass is 16.4. The summed E-state index contributed by atoms with van der Waals surface area (Å²) in [6.45, 7) is 1.76. The van der Waals surface area contributed by atoms with Crippen molar-refractivity contribution in [3.8, 4) is 0 Å². The quantitative estimate of drug-likeness (QED) is 0.665. The van der Waals surface area contributed by atoms with E-state index >= 15 is 0 Å². The van der Waals surface area contributed by atoms with Crippen LogP contribution in [0.15, 0.2) is 38.1 Å². The molecule has 3 aromatic rings. The average Bonchev–Trinajstić information content (AvgIpc) is 2.78. The second-order valence-corrected chi connectivity index (χ2v) is 4.01. The molecule has 0 aliphatic carbocycles. The lowest BCUT2D eigenvalue weighted by atomic mass is 10.1. The molecular weight excluding hydrogens is 236 g/mol. The van der Waals surface area contributed by atoms with E-state index in [9.17, 15) is 9.59 Å². The van der Waals surface area contributed by atoms with E-state index in [2.05, 4.69) is 0 Å². The van der Waals surface area contributed by atoms with E-state index < -0.39 is 11.6 Å². The molecule has 0 aliphatic heterocycles. The molecule has 0 saturated carbocycles. The number of hydrogen-bond donors (Lipinski definition) is 1. The lowest BCUT2D eigenvalue weighted by Crippen LogP contribution is -2.13. The zero-order chi connectivity index (χ0) is 12.9. The van der Waals surface area contributed by atoms with Crippen LogP contribution in [0.1, 0.15) is 15.9 Å². The first-order valence-electron chi connectivity index (χ1n) is 5.26. The lowest BCUT2D eigenvalue weighted by molar-refractivity contribution is 0.0692.